The highest BCUT2D eigenvalue weighted by Gasteiger charge is 2.20. The van der Waals surface area contributed by atoms with Crippen molar-refractivity contribution in [1.82, 2.24) is 5.32 Å². The Morgan fingerprint density at radius 1 is 1.50 bits per heavy atom. The van der Waals surface area contributed by atoms with E-state index in [4.69, 9.17) is 10.8 Å². The van der Waals surface area contributed by atoms with Gasteiger partial charge in [-0.1, -0.05) is 0 Å². The van der Waals surface area contributed by atoms with Crippen LogP contribution in [0, 0.1) is 0 Å². The van der Waals surface area contributed by atoms with Crippen LogP contribution in [-0.2, 0) is 9.59 Å². The molecule has 1 atom stereocenters. The van der Waals surface area contributed by atoms with Crippen LogP contribution >= 0.6 is 0 Å². The fourth-order valence-corrected chi connectivity index (χ4v) is 1.04. The van der Waals surface area contributed by atoms with Crippen LogP contribution in [0.3, 0.4) is 0 Å². The number of amides is 1. The van der Waals surface area contributed by atoms with Crippen molar-refractivity contribution in [2.75, 3.05) is 13.1 Å². The number of carbonyl (C=O) groups excluding carboxylic acids is 1. The molecule has 82 valence electrons. The average Bonchev–Trinajstić information content (AvgIpc) is 2.56. The third-order valence-electron chi connectivity index (χ3n) is 1.75. The van der Waals surface area contributed by atoms with Gasteiger partial charge in [0.25, 0.3) is 0 Å². The predicted octanol–water partition coefficient (Wildman–Crippen LogP) is -1.36. The van der Waals surface area contributed by atoms with E-state index in [-0.39, 0.29) is 11.9 Å². The minimum absolute atomic E-state index is 0.269. The molecule has 1 saturated heterocycles. The van der Waals surface area contributed by atoms with Crippen LogP contribution in [0.25, 0.3) is 0 Å². The smallest absolute Gasteiger partial charge is 0.320 e. The summed E-state index contributed by atoms with van der Waals surface area (Å²) in [7, 11) is 0. The van der Waals surface area contributed by atoms with Gasteiger partial charge in [-0.15, -0.1) is 0 Å². The highest BCUT2D eigenvalue weighted by Crippen LogP contribution is 2.03. The number of carboxylic acid groups (broad SMARTS) is 1. The van der Waals surface area contributed by atoms with E-state index in [2.05, 4.69) is 11.1 Å². The van der Waals surface area contributed by atoms with Crippen molar-refractivity contribution in [2.24, 2.45) is 11.5 Å². The molecule has 0 bridgehead atoms. The van der Waals surface area contributed by atoms with E-state index in [9.17, 15) is 9.59 Å². The lowest BCUT2D eigenvalue weighted by atomic mass is 10.2. The normalized spacial score (nSPS) is 19.6. The van der Waals surface area contributed by atoms with E-state index in [1.807, 2.05) is 0 Å². The fourth-order valence-electron chi connectivity index (χ4n) is 1.04. The van der Waals surface area contributed by atoms with Crippen LogP contribution in [-0.4, -0.2) is 36.1 Å². The van der Waals surface area contributed by atoms with Crippen LogP contribution in [0.1, 0.15) is 19.3 Å². The zero-order chi connectivity index (χ0) is 11.0. The summed E-state index contributed by atoms with van der Waals surface area (Å²) in [5, 5.41) is 11.2. The molecule has 0 radical (unpaired) electrons. The van der Waals surface area contributed by atoms with Crippen LogP contribution in [0.4, 0.5) is 0 Å². The lowest BCUT2D eigenvalue weighted by molar-refractivity contribution is -0.139. The third-order valence-corrected chi connectivity index (χ3v) is 1.75. The number of nitrogens with two attached hydrogens (primary N) is 2. The second kappa shape index (κ2) is 7.28. The summed E-state index contributed by atoms with van der Waals surface area (Å²) in [5.41, 5.74) is 9.61. The molecule has 1 heterocycles. The zero-order valence-corrected chi connectivity index (χ0v) is 8.03. The molecule has 1 amide bonds. The second-order valence-corrected chi connectivity index (χ2v) is 2.99. The molecule has 0 aromatic rings. The van der Waals surface area contributed by atoms with Crippen LogP contribution in [0.15, 0.2) is 0 Å². The predicted molar refractivity (Wildman–Crippen MR) is 51.5 cm³/mol. The van der Waals surface area contributed by atoms with E-state index in [0.717, 1.165) is 19.4 Å². The SMILES string of the molecule is NCCC(N)=O.O=C(O)[C@@H]1CCCN1. The van der Waals surface area contributed by atoms with Crippen molar-refractivity contribution >= 4 is 11.9 Å². The molecule has 0 spiro atoms. The van der Waals surface area contributed by atoms with Gasteiger partial charge in [0, 0.05) is 13.0 Å². The molecule has 6 heteroatoms. The fraction of sp³-hybridized carbons (Fsp3) is 0.750. The van der Waals surface area contributed by atoms with Gasteiger partial charge in [0.05, 0.1) is 0 Å². The molecule has 0 saturated carbocycles. The molecular weight excluding hydrogens is 186 g/mol. The number of carbonyl (C=O) groups is 2. The third kappa shape index (κ3) is 6.38. The Morgan fingerprint density at radius 3 is 2.29 bits per heavy atom. The molecule has 0 aromatic carbocycles. The molecule has 0 aromatic heterocycles. The Kier molecular flexibility index (Phi) is 6.69. The monoisotopic (exact) mass is 203 g/mol. The Hall–Kier alpha value is -1.14. The van der Waals surface area contributed by atoms with Gasteiger partial charge in [-0.25, -0.2) is 0 Å². The molecule has 1 fully saturated rings. The molecule has 14 heavy (non-hydrogen) atoms. The number of nitrogens with one attached hydrogen (secondary N) is 1. The minimum atomic E-state index is -0.720. The standard InChI is InChI=1S/C5H9NO2.C3H8N2O/c7-5(8)4-2-1-3-6-4;4-2-1-3(5)6/h4,6H,1-3H2,(H,7,8);1-2,4H2,(H2,5,6)/t4-;/m0./s1. The van der Waals surface area contributed by atoms with Crippen molar-refractivity contribution in [3.8, 4) is 0 Å². The van der Waals surface area contributed by atoms with Gasteiger partial charge in [0.15, 0.2) is 0 Å². The molecule has 1 aliphatic rings. The van der Waals surface area contributed by atoms with E-state index < -0.39 is 5.97 Å². The zero-order valence-electron chi connectivity index (χ0n) is 8.03. The number of rotatable bonds is 3. The van der Waals surface area contributed by atoms with Gasteiger partial charge in [-0.3, -0.25) is 9.59 Å². The van der Waals surface area contributed by atoms with Gasteiger partial charge >= 0.3 is 5.97 Å². The van der Waals surface area contributed by atoms with Gasteiger partial charge in [-0.05, 0) is 19.4 Å². The topological polar surface area (TPSA) is 118 Å². The largest absolute Gasteiger partial charge is 0.480 e. The Labute approximate surface area is 82.6 Å². The first-order chi connectivity index (χ1) is 6.57. The number of hydrogen-bond acceptors (Lipinski definition) is 4. The quantitative estimate of drug-likeness (QED) is 0.452. The molecule has 0 unspecified atom stereocenters. The van der Waals surface area contributed by atoms with Gasteiger partial charge in [-0.2, -0.15) is 0 Å². The van der Waals surface area contributed by atoms with Crippen molar-refractivity contribution < 1.29 is 14.7 Å². The van der Waals surface area contributed by atoms with Crippen LogP contribution < -0.4 is 16.8 Å². The molecular formula is C8H17N3O3. The molecule has 6 nitrogen and oxygen atoms in total. The summed E-state index contributed by atoms with van der Waals surface area (Å²) < 4.78 is 0. The summed E-state index contributed by atoms with van der Waals surface area (Å²) >= 11 is 0. The first-order valence-electron chi connectivity index (χ1n) is 4.52. The number of hydrogen-bond donors (Lipinski definition) is 4. The van der Waals surface area contributed by atoms with Gasteiger partial charge < -0.3 is 21.9 Å². The summed E-state index contributed by atoms with van der Waals surface area (Å²) in [6.45, 7) is 1.21. The van der Waals surface area contributed by atoms with Gasteiger partial charge in [0.2, 0.25) is 5.91 Å². The maximum Gasteiger partial charge on any atom is 0.320 e. The van der Waals surface area contributed by atoms with E-state index >= 15 is 0 Å². The molecule has 0 aliphatic carbocycles. The first kappa shape index (κ1) is 12.9. The Balaban J connectivity index is 0.000000255. The lowest BCUT2D eigenvalue weighted by Gasteiger charge is -1.99. The Morgan fingerprint density at radius 2 is 2.14 bits per heavy atom. The van der Waals surface area contributed by atoms with Crippen molar-refractivity contribution in [3.63, 3.8) is 0 Å². The summed E-state index contributed by atoms with van der Waals surface area (Å²) in [5.74, 6) is -1.06. The summed E-state index contributed by atoms with van der Waals surface area (Å²) in [6, 6.07) is -0.269. The average molecular weight is 203 g/mol. The molecule has 1 aliphatic heterocycles. The van der Waals surface area contributed by atoms with E-state index in [0.29, 0.717) is 13.0 Å². The summed E-state index contributed by atoms with van der Waals surface area (Å²) in [4.78, 5) is 19.9. The van der Waals surface area contributed by atoms with Gasteiger partial charge in [0.1, 0.15) is 6.04 Å². The van der Waals surface area contributed by atoms with E-state index in [1.54, 1.807) is 0 Å². The number of carboxylic acids is 1. The van der Waals surface area contributed by atoms with Crippen LogP contribution in [0.5, 0.6) is 0 Å². The number of primary amides is 1. The second-order valence-electron chi connectivity index (χ2n) is 2.99. The van der Waals surface area contributed by atoms with Crippen molar-refractivity contribution in [1.29, 1.82) is 0 Å². The highest BCUT2D eigenvalue weighted by molar-refractivity contribution is 5.74. The summed E-state index contributed by atoms with van der Waals surface area (Å²) in [6.07, 6.45) is 2.08. The molecule has 1 rings (SSSR count). The van der Waals surface area contributed by atoms with Crippen molar-refractivity contribution in [2.45, 2.75) is 25.3 Å². The minimum Gasteiger partial charge on any atom is -0.480 e. The Bertz CT molecular complexity index is 190. The lowest BCUT2D eigenvalue weighted by Crippen LogP contribution is -2.29. The maximum atomic E-state index is 10.1. The molecule has 6 N–H and O–H groups in total. The first-order valence-corrected chi connectivity index (χ1v) is 4.52. The number of aliphatic carboxylic acids is 1. The van der Waals surface area contributed by atoms with Crippen molar-refractivity contribution in [3.05, 3.63) is 0 Å². The van der Waals surface area contributed by atoms with Crippen LogP contribution in [0.2, 0.25) is 0 Å². The maximum absolute atomic E-state index is 10.1. The highest BCUT2D eigenvalue weighted by atomic mass is 16.4. The van der Waals surface area contributed by atoms with E-state index in [1.165, 1.54) is 0 Å².